The largest absolute Gasteiger partial charge is 0.294 e. The third-order valence-corrected chi connectivity index (χ3v) is 4.81. The first-order valence-electron chi connectivity index (χ1n) is 6.21. The highest BCUT2D eigenvalue weighted by Crippen LogP contribution is 2.38. The van der Waals surface area contributed by atoms with Crippen LogP contribution in [-0.2, 0) is 6.42 Å². The number of fused-ring (bicyclic) bond motifs is 1. The lowest BCUT2D eigenvalue weighted by Gasteiger charge is -2.29. The summed E-state index contributed by atoms with van der Waals surface area (Å²) >= 11 is 6.87. The van der Waals surface area contributed by atoms with Gasteiger partial charge in [0.1, 0.15) is 0 Å². The van der Waals surface area contributed by atoms with E-state index in [1.807, 2.05) is 24.3 Å². The molecule has 0 saturated heterocycles. The molecule has 0 radical (unpaired) electrons. The second-order valence-electron chi connectivity index (χ2n) is 4.85. The fourth-order valence-corrected chi connectivity index (χ4v) is 3.42. The third-order valence-electron chi connectivity index (χ3n) is 3.62. The monoisotopic (exact) mass is 378 g/mol. The lowest BCUT2D eigenvalue weighted by molar-refractivity contribution is 0.0969. The first-order chi connectivity index (χ1) is 9.15. The zero-order chi connectivity index (χ0) is 13.4. The van der Waals surface area contributed by atoms with Crippen LogP contribution in [0.25, 0.3) is 0 Å². The van der Waals surface area contributed by atoms with Gasteiger partial charge in [0.15, 0.2) is 5.78 Å². The van der Waals surface area contributed by atoms with E-state index in [0.29, 0.717) is 12.3 Å². The van der Waals surface area contributed by atoms with Crippen LogP contribution >= 0.6 is 31.9 Å². The molecule has 1 atom stereocenters. The van der Waals surface area contributed by atoms with Crippen LogP contribution in [-0.4, -0.2) is 5.78 Å². The molecule has 0 spiro atoms. The van der Waals surface area contributed by atoms with Crippen molar-refractivity contribution in [1.29, 1.82) is 0 Å². The summed E-state index contributed by atoms with van der Waals surface area (Å²) in [7, 11) is 0. The smallest absolute Gasteiger partial charge is 0.164 e. The van der Waals surface area contributed by atoms with Gasteiger partial charge in [-0.25, -0.2) is 0 Å². The van der Waals surface area contributed by atoms with Gasteiger partial charge >= 0.3 is 0 Å². The van der Waals surface area contributed by atoms with Crippen LogP contribution < -0.4 is 0 Å². The number of rotatable bonds is 3. The zero-order valence-corrected chi connectivity index (χ0v) is 13.4. The molecule has 0 aromatic heterocycles. The minimum atomic E-state index is 0.202. The molecule has 96 valence electrons. The SMILES string of the molecule is O=C(CC1Cc2ccccc21)c1cc(Br)ccc1Br. The average molecular weight is 380 g/mol. The quantitative estimate of drug-likeness (QED) is 0.676. The molecule has 1 unspecified atom stereocenters. The Balaban J connectivity index is 1.79. The molecule has 0 aliphatic heterocycles. The fraction of sp³-hybridized carbons (Fsp3) is 0.188. The molecule has 0 saturated carbocycles. The van der Waals surface area contributed by atoms with Crippen molar-refractivity contribution < 1.29 is 4.79 Å². The summed E-state index contributed by atoms with van der Waals surface area (Å²) in [6.45, 7) is 0. The van der Waals surface area contributed by atoms with E-state index >= 15 is 0 Å². The average Bonchev–Trinajstić information content (AvgIpc) is 2.38. The lowest BCUT2D eigenvalue weighted by Crippen LogP contribution is -2.20. The standard InChI is InChI=1S/C16H12Br2O/c17-12-5-6-15(18)14(9-12)16(19)8-11-7-10-3-1-2-4-13(10)11/h1-6,9,11H,7-8H2. The van der Waals surface area contributed by atoms with Crippen molar-refractivity contribution in [1.82, 2.24) is 0 Å². The molecule has 0 fully saturated rings. The number of ketones is 1. The molecular formula is C16H12Br2O. The minimum absolute atomic E-state index is 0.202. The Hall–Kier alpha value is -0.930. The first kappa shape index (κ1) is 13.1. The summed E-state index contributed by atoms with van der Waals surface area (Å²) in [4.78, 5) is 12.4. The van der Waals surface area contributed by atoms with Gasteiger partial charge in [0.2, 0.25) is 0 Å². The molecule has 1 aliphatic carbocycles. The summed E-state index contributed by atoms with van der Waals surface area (Å²) in [6, 6.07) is 14.1. The van der Waals surface area contributed by atoms with Crippen molar-refractivity contribution in [2.75, 3.05) is 0 Å². The molecular weight excluding hydrogens is 368 g/mol. The van der Waals surface area contributed by atoms with Crippen LogP contribution in [0.5, 0.6) is 0 Å². The van der Waals surface area contributed by atoms with E-state index in [1.54, 1.807) is 0 Å². The van der Waals surface area contributed by atoms with Crippen molar-refractivity contribution in [2.24, 2.45) is 0 Å². The topological polar surface area (TPSA) is 17.1 Å². The van der Waals surface area contributed by atoms with Crippen LogP contribution in [0.3, 0.4) is 0 Å². The molecule has 1 nitrogen and oxygen atoms in total. The Morgan fingerprint density at radius 3 is 2.74 bits per heavy atom. The highest BCUT2D eigenvalue weighted by molar-refractivity contribution is 9.11. The van der Waals surface area contributed by atoms with Crippen molar-refractivity contribution in [3.63, 3.8) is 0 Å². The summed E-state index contributed by atoms with van der Waals surface area (Å²) in [5.74, 6) is 0.585. The number of carbonyl (C=O) groups is 1. The van der Waals surface area contributed by atoms with Crippen LogP contribution in [0.15, 0.2) is 51.4 Å². The van der Waals surface area contributed by atoms with Crippen molar-refractivity contribution in [3.05, 3.63) is 68.1 Å². The van der Waals surface area contributed by atoms with E-state index in [0.717, 1.165) is 20.9 Å². The van der Waals surface area contributed by atoms with Gasteiger partial charge in [0, 0.05) is 20.9 Å². The number of benzene rings is 2. The highest BCUT2D eigenvalue weighted by Gasteiger charge is 2.28. The summed E-state index contributed by atoms with van der Waals surface area (Å²) < 4.78 is 1.81. The maximum Gasteiger partial charge on any atom is 0.164 e. The van der Waals surface area contributed by atoms with Crippen LogP contribution in [0, 0.1) is 0 Å². The summed E-state index contributed by atoms with van der Waals surface area (Å²) in [6.07, 6.45) is 1.61. The Morgan fingerprint density at radius 1 is 1.16 bits per heavy atom. The molecule has 3 heteroatoms. The molecule has 1 aliphatic rings. The van der Waals surface area contributed by atoms with Crippen molar-refractivity contribution in [2.45, 2.75) is 18.8 Å². The molecule has 0 amide bonds. The number of carbonyl (C=O) groups excluding carboxylic acids is 1. The molecule has 0 N–H and O–H groups in total. The number of hydrogen-bond acceptors (Lipinski definition) is 1. The molecule has 3 rings (SSSR count). The number of Topliss-reactive ketones (excluding diaryl/α,β-unsaturated/α-hetero) is 1. The third kappa shape index (κ3) is 2.54. The number of hydrogen-bond donors (Lipinski definition) is 0. The fourth-order valence-electron chi connectivity index (χ4n) is 2.59. The maximum atomic E-state index is 12.4. The van der Waals surface area contributed by atoms with E-state index in [4.69, 9.17) is 0 Å². The van der Waals surface area contributed by atoms with Gasteiger partial charge in [-0.05, 0) is 41.7 Å². The Labute approximate surface area is 129 Å². The van der Waals surface area contributed by atoms with Gasteiger partial charge in [0.05, 0.1) is 0 Å². The van der Waals surface area contributed by atoms with E-state index in [2.05, 4.69) is 50.1 Å². The Kier molecular flexibility index (Phi) is 3.59. The van der Waals surface area contributed by atoms with Gasteiger partial charge in [-0.1, -0.05) is 56.1 Å². The number of halogens is 2. The van der Waals surface area contributed by atoms with Crippen LogP contribution in [0.1, 0.15) is 33.8 Å². The molecule has 19 heavy (non-hydrogen) atoms. The van der Waals surface area contributed by atoms with Gasteiger partial charge < -0.3 is 0 Å². The van der Waals surface area contributed by atoms with Crippen molar-refractivity contribution >= 4 is 37.6 Å². The highest BCUT2D eigenvalue weighted by atomic mass is 79.9. The Morgan fingerprint density at radius 2 is 1.95 bits per heavy atom. The molecule has 2 aromatic rings. The molecule has 2 aromatic carbocycles. The first-order valence-corrected chi connectivity index (χ1v) is 7.80. The Bertz CT molecular complexity index is 649. The van der Waals surface area contributed by atoms with E-state index in [-0.39, 0.29) is 5.78 Å². The van der Waals surface area contributed by atoms with E-state index in [1.165, 1.54) is 11.1 Å². The van der Waals surface area contributed by atoms with Crippen LogP contribution in [0.2, 0.25) is 0 Å². The second kappa shape index (κ2) is 5.22. The van der Waals surface area contributed by atoms with Crippen molar-refractivity contribution in [3.8, 4) is 0 Å². The molecule has 0 bridgehead atoms. The van der Waals surface area contributed by atoms with Gasteiger partial charge in [0.25, 0.3) is 0 Å². The lowest BCUT2D eigenvalue weighted by atomic mass is 9.74. The predicted molar refractivity (Wildman–Crippen MR) is 83.7 cm³/mol. The predicted octanol–water partition coefficient (Wildman–Crippen LogP) is 5.12. The maximum absolute atomic E-state index is 12.4. The zero-order valence-electron chi connectivity index (χ0n) is 10.2. The summed E-state index contributed by atoms with van der Waals surface area (Å²) in [5.41, 5.74) is 3.48. The minimum Gasteiger partial charge on any atom is -0.294 e. The molecule has 0 heterocycles. The summed E-state index contributed by atoms with van der Waals surface area (Å²) in [5, 5.41) is 0. The van der Waals surface area contributed by atoms with Gasteiger partial charge in [-0.3, -0.25) is 4.79 Å². The second-order valence-corrected chi connectivity index (χ2v) is 6.62. The van der Waals surface area contributed by atoms with E-state index in [9.17, 15) is 4.79 Å². The van der Waals surface area contributed by atoms with Crippen LogP contribution in [0.4, 0.5) is 0 Å². The van der Waals surface area contributed by atoms with Gasteiger partial charge in [-0.15, -0.1) is 0 Å². The van der Waals surface area contributed by atoms with E-state index < -0.39 is 0 Å². The normalized spacial score (nSPS) is 16.6. The van der Waals surface area contributed by atoms with Gasteiger partial charge in [-0.2, -0.15) is 0 Å².